The van der Waals surface area contributed by atoms with Crippen LogP contribution in [0.2, 0.25) is 0 Å². The van der Waals surface area contributed by atoms with Crippen LogP contribution in [0.1, 0.15) is 44.1 Å². The van der Waals surface area contributed by atoms with E-state index in [0.29, 0.717) is 12.5 Å². The van der Waals surface area contributed by atoms with Gasteiger partial charge in [0.05, 0.1) is 18.2 Å². The van der Waals surface area contributed by atoms with Crippen molar-refractivity contribution >= 4 is 11.7 Å². The third-order valence-corrected chi connectivity index (χ3v) is 3.84. The van der Waals surface area contributed by atoms with Crippen LogP contribution in [0.5, 0.6) is 0 Å². The third-order valence-electron chi connectivity index (χ3n) is 3.84. The van der Waals surface area contributed by atoms with E-state index in [1.165, 1.54) is 6.07 Å². The number of carbonyl (C=O) groups is 1. The molecule has 0 aromatic heterocycles. The number of esters is 1. The molecular weight excluding hydrogens is 245 g/mol. The van der Waals surface area contributed by atoms with Crippen LogP contribution in [-0.2, 0) is 9.53 Å². The number of rotatable bonds is 3. The first kappa shape index (κ1) is 13.8. The van der Waals surface area contributed by atoms with Crippen LogP contribution in [0.3, 0.4) is 0 Å². The lowest BCUT2D eigenvalue weighted by Gasteiger charge is -2.27. The minimum atomic E-state index is -0.356. The van der Waals surface area contributed by atoms with E-state index in [1.807, 2.05) is 13.0 Å². The Morgan fingerprint density at radius 2 is 2.05 bits per heavy atom. The number of nitrogens with two attached hydrogens (primary N) is 1. The smallest absolute Gasteiger partial charge is 0.308 e. The first-order valence-electron chi connectivity index (χ1n) is 6.83. The van der Waals surface area contributed by atoms with Crippen molar-refractivity contribution in [1.29, 1.82) is 0 Å². The molecule has 0 radical (unpaired) electrons. The average molecular weight is 265 g/mol. The Morgan fingerprint density at radius 3 is 2.63 bits per heavy atom. The number of halogens is 1. The summed E-state index contributed by atoms with van der Waals surface area (Å²) in [6.45, 7) is 2.25. The molecule has 0 bridgehead atoms. The van der Waals surface area contributed by atoms with E-state index >= 15 is 0 Å². The molecule has 1 aromatic rings. The SMILES string of the molecule is CCOC(=O)[C@H]1CC[C@@H](c2ccc(N)c(F)c2)CC1. The molecule has 1 aliphatic carbocycles. The molecule has 104 valence electrons. The van der Waals surface area contributed by atoms with Gasteiger partial charge in [0.15, 0.2) is 0 Å². The van der Waals surface area contributed by atoms with Crippen LogP contribution < -0.4 is 5.73 Å². The van der Waals surface area contributed by atoms with Crippen LogP contribution in [0.15, 0.2) is 18.2 Å². The number of anilines is 1. The molecule has 0 spiro atoms. The van der Waals surface area contributed by atoms with Crippen LogP contribution in [0, 0.1) is 11.7 Å². The minimum absolute atomic E-state index is 0.00910. The minimum Gasteiger partial charge on any atom is -0.466 e. The fraction of sp³-hybridized carbons (Fsp3) is 0.533. The van der Waals surface area contributed by atoms with Gasteiger partial charge in [0.2, 0.25) is 0 Å². The zero-order valence-corrected chi connectivity index (χ0v) is 11.2. The number of nitrogen functional groups attached to an aromatic ring is 1. The summed E-state index contributed by atoms with van der Waals surface area (Å²) in [4.78, 5) is 11.6. The topological polar surface area (TPSA) is 52.3 Å². The third kappa shape index (κ3) is 3.25. The summed E-state index contributed by atoms with van der Waals surface area (Å²) < 4.78 is 18.5. The second-order valence-corrected chi connectivity index (χ2v) is 5.08. The van der Waals surface area contributed by atoms with Crippen LogP contribution >= 0.6 is 0 Å². The van der Waals surface area contributed by atoms with E-state index in [1.54, 1.807) is 6.07 Å². The van der Waals surface area contributed by atoms with E-state index in [2.05, 4.69) is 0 Å². The molecule has 2 rings (SSSR count). The fourth-order valence-electron chi connectivity index (χ4n) is 2.72. The first-order chi connectivity index (χ1) is 9.11. The molecule has 1 saturated carbocycles. The van der Waals surface area contributed by atoms with Gasteiger partial charge in [0.25, 0.3) is 0 Å². The van der Waals surface area contributed by atoms with Crippen molar-refractivity contribution in [2.45, 2.75) is 38.5 Å². The molecule has 3 nitrogen and oxygen atoms in total. The zero-order valence-electron chi connectivity index (χ0n) is 11.2. The normalized spacial score (nSPS) is 23.1. The standard InChI is InChI=1S/C15H20FNO2/c1-2-19-15(18)11-5-3-10(4-6-11)12-7-8-14(17)13(16)9-12/h7-11H,2-6,17H2,1H3/t10-,11+. The lowest BCUT2D eigenvalue weighted by Crippen LogP contribution is -2.23. The molecule has 1 aliphatic rings. The maximum Gasteiger partial charge on any atom is 0.308 e. The van der Waals surface area contributed by atoms with Gasteiger partial charge in [-0.1, -0.05) is 6.07 Å². The largest absolute Gasteiger partial charge is 0.466 e. The van der Waals surface area contributed by atoms with Gasteiger partial charge < -0.3 is 10.5 Å². The van der Waals surface area contributed by atoms with Gasteiger partial charge in [0.1, 0.15) is 5.82 Å². The molecule has 0 aliphatic heterocycles. The lowest BCUT2D eigenvalue weighted by atomic mass is 9.78. The Labute approximate surface area is 112 Å². The molecule has 0 unspecified atom stereocenters. The summed E-state index contributed by atoms with van der Waals surface area (Å²) in [5, 5.41) is 0. The molecule has 4 heteroatoms. The Bertz CT molecular complexity index is 453. The van der Waals surface area contributed by atoms with E-state index in [9.17, 15) is 9.18 Å². The number of benzene rings is 1. The highest BCUT2D eigenvalue weighted by Crippen LogP contribution is 2.36. The van der Waals surface area contributed by atoms with Crippen LogP contribution in [-0.4, -0.2) is 12.6 Å². The fourth-order valence-corrected chi connectivity index (χ4v) is 2.72. The number of hydrogen-bond donors (Lipinski definition) is 1. The van der Waals surface area contributed by atoms with Crippen molar-refractivity contribution in [3.63, 3.8) is 0 Å². The predicted molar refractivity (Wildman–Crippen MR) is 72.1 cm³/mol. The molecule has 0 atom stereocenters. The van der Waals surface area contributed by atoms with Gasteiger partial charge in [0, 0.05) is 0 Å². The number of hydrogen-bond acceptors (Lipinski definition) is 3. The maximum absolute atomic E-state index is 13.4. The summed E-state index contributed by atoms with van der Waals surface area (Å²) in [5.41, 5.74) is 6.64. The summed E-state index contributed by atoms with van der Waals surface area (Å²) >= 11 is 0. The molecule has 1 aromatic carbocycles. The van der Waals surface area contributed by atoms with Crippen molar-refractivity contribution in [2.24, 2.45) is 5.92 Å². The van der Waals surface area contributed by atoms with Gasteiger partial charge in [-0.15, -0.1) is 0 Å². The molecule has 0 saturated heterocycles. The Kier molecular flexibility index (Phi) is 4.40. The summed E-state index contributed by atoms with van der Waals surface area (Å²) in [7, 11) is 0. The molecule has 19 heavy (non-hydrogen) atoms. The van der Waals surface area contributed by atoms with Gasteiger partial charge in [-0.25, -0.2) is 4.39 Å². The highest BCUT2D eigenvalue weighted by atomic mass is 19.1. The monoisotopic (exact) mass is 265 g/mol. The molecule has 0 heterocycles. The quantitative estimate of drug-likeness (QED) is 0.674. The van der Waals surface area contributed by atoms with Crippen LogP contribution in [0.4, 0.5) is 10.1 Å². The second-order valence-electron chi connectivity index (χ2n) is 5.08. The van der Waals surface area contributed by atoms with Crippen molar-refractivity contribution in [3.05, 3.63) is 29.6 Å². The number of carbonyl (C=O) groups excluding carboxylic acids is 1. The summed E-state index contributed by atoms with van der Waals surface area (Å²) in [5.74, 6) is -0.120. The molecule has 1 fully saturated rings. The lowest BCUT2D eigenvalue weighted by molar-refractivity contribution is -0.149. The summed E-state index contributed by atoms with van der Waals surface area (Å²) in [6, 6.07) is 5.01. The molecule has 2 N–H and O–H groups in total. The van der Waals surface area contributed by atoms with Crippen molar-refractivity contribution in [3.8, 4) is 0 Å². The van der Waals surface area contributed by atoms with Crippen molar-refractivity contribution < 1.29 is 13.9 Å². The van der Waals surface area contributed by atoms with E-state index in [0.717, 1.165) is 31.2 Å². The predicted octanol–water partition coefficient (Wildman–Crippen LogP) is 3.24. The summed E-state index contributed by atoms with van der Waals surface area (Å²) in [6.07, 6.45) is 3.42. The van der Waals surface area contributed by atoms with Crippen molar-refractivity contribution in [2.75, 3.05) is 12.3 Å². The average Bonchev–Trinajstić information content (AvgIpc) is 2.42. The number of ether oxygens (including phenoxy) is 1. The Hall–Kier alpha value is -1.58. The Balaban J connectivity index is 1.96. The second kappa shape index (κ2) is 6.04. The Morgan fingerprint density at radius 1 is 1.37 bits per heavy atom. The van der Waals surface area contributed by atoms with Gasteiger partial charge in [-0.3, -0.25) is 4.79 Å². The van der Waals surface area contributed by atoms with E-state index in [4.69, 9.17) is 10.5 Å². The molecular formula is C15H20FNO2. The van der Waals surface area contributed by atoms with Gasteiger partial charge >= 0.3 is 5.97 Å². The maximum atomic E-state index is 13.4. The first-order valence-corrected chi connectivity index (χ1v) is 6.83. The van der Waals surface area contributed by atoms with Gasteiger partial charge in [-0.2, -0.15) is 0 Å². The molecule has 0 amide bonds. The zero-order chi connectivity index (χ0) is 13.8. The highest BCUT2D eigenvalue weighted by molar-refractivity contribution is 5.72. The van der Waals surface area contributed by atoms with Crippen LogP contribution in [0.25, 0.3) is 0 Å². The van der Waals surface area contributed by atoms with Gasteiger partial charge in [-0.05, 0) is 56.2 Å². The van der Waals surface area contributed by atoms with Crippen molar-refractivity contribution in [1.82, 2.24) is 0 Å². The van der Waals surface area contributed by atoms with E-state index < -0.39 is 0 Å². The van der Waals surface area contributed by atoms with E-state index in [-0.39, 0.29) is 23.4 Å². The highest BCUT2D eigenvalue weighted by Gasteiger charge is 2.28.